The minimum absolute atomic E-state index is 0.371. The highest BCUT2D eigenvalue weighted by Crippen LogP contribution is 2.37. The molecule has 0 saturated carbocycles. The number of nitrogens with one attached hydrogen (secondary N) is 1. The number of benzene rings is 6. The Labute approximate surface area is 235 Å². The van der Waals surface area contributed by atoms with Gasteiger partial charge in [-0.3, -0.25) is 0 Å². The predicted molar refractivity (Wildman–Crippen MR) is 166 cm³/mol. The van der Waals surface area contributed by atoms with Gasteiger partial charge < -0.3 is 9.73 Å². The number of para-hydroxylation sites is 1. The molecular weight excluding hydrogens is 514 g/mol. The van der Waals surface area contributed by atoms with Crippen LogP contribution in [-0.4, -0.2) is 11.7 Å². The lowest BCUT2D eigenvalue weighted by molar-refractivity contribution is 0.668. The molecule has 190 valence electrons. The van der Waals surface area contributed by atoms with E-state index < -0.39 is 0 Å². The highest BCUT2D eigenvalue weighted by Gasteiger charge is 2.25. The van der Waals surface area contributed by atoms with Gasteiger partial charge in [0.1, 0.15) is 23.2 Å². The van der Waals surface area contributed by atoms with Crippen LogP contribution in [0.5, 0.6) is 0 Å². The van der Waals surface area contributed by atoms with Gasteiger partial charge in [0, 0.05) is 38.6 Å². The number of hydrogen-bond donors (Lipinski definition) is 1. The molecule has 1 atom stereocenters. The van der Waals surface area contributed by atoms with Crippen molar-refractivity contribution in [3.05, 3.63) is 143 Å². The third kappa shape index (κ3) is 3.69. The second-order valence-electron chi connectivity index (χ2n) is 9.98. The summed E-state index contributed by atoms with van der Waals surface area (Å²) in [5.41, 5.74) is 4.44. The molecule has 0 bridgehead atoms. The molecule has 1 aromatic heterocycles. The Morgan fingerprint density at radius 3 is 2.20 bits per heavy atom. The van der Waals surface area contributed by atoms with Gasteiger partial charge in [0.2, 0.25) is 0 Å². The number of rotatable bonds is 3. The van der Waals surface area contributed by atoms with Gasteiger partial charge in [-0.1, -0.05) is 109 Å². The molecule has 0 aliphatic carbocycles. The maximum Gasteiger partial charge on any atom is 0.160 e. The predicted octanol–water partition coefficient (Wildman–Crippen LogP) is 9.04. The summed E-state index contributed by atoms with van der Waals surface area (Å²) in [6, 6.07) is 41.3. The van der Waals surface area contributed by atoms with Crippen molar-refractivity contribution in [3.8, 4) is 0 Å². The van der Waals surface area contributed by atoms with Crippen LogP contribution in [0, 0.1) is 0 Å². The monoisotopic (exact) mass is 535 g/mol. The number of furan rings is 1. The van der Waals surface area contributed by atoms with E-state index in [1.54, 1.807) is 0 Å². The van der Waals surface area contributed by atoms with Gasteiger partial charge in [-0.2, -0.15) is 0 Å². The van der Waals surface area contributed by atoms with Crippen LogP contribution in [-0.2, 0) is 0 Å². The SMILES string of the molecule is Clc1cc(C2=NC(c3cc4ccccc4c4ccccc34)NC(c3ccccc3)=N2)c2c(c1)oc1ccccc12. The molecule has 1 aliphatic heterocycles. The average Bonchev–Trinajstić information content (AvgIpc) is 3.38. The largest absolute Gasteiger partial charge is 0.456 e. The summed E-state index contributed by atoms with van der Waals surface area (Å²) in [4.78, 5) is 10.3. The van der Waals surface area contributed by atoms with E-state index in [-0.39, 0.29) is 6.17 Å². The minimum atomic E-state index is -0.371. The van der Waals surface area contributed by atoms with Gasteiger partial charge in [-0.15, -0.1) is 0 Å². The number of hydrogen-bond acceptors (Lipinski definition) is 4. The lowest BCUT2D eigenvalue weighted by Gasteiger charge is -2.25. The average molecular weight is 536 g/mol. The van der Waals surface area contributed by atoms with Crippen molar-refractivity contribution in [2.24, 2.45) is 9.98 Å². The summed E-state index contributed by atoms with van der Waals surface area (Å²) in [5, 5.41) is 10.9. The lowest BCUT2D eigenvalue weighted by Crippen LogP contribution is -2.33. The van der Waals surface area contributed by atoms with Crippen LogP contribution in [0.25, 0.3) is 43.5 Å². The molecule has 2 heterocycles. The zero-order chi connectivity index (χ0) is 26.6. The van der Waals surface area contributed by atoms with Gasteiger partial charge in [-0.25, -0.2) is 9.98 Å². The second kappa shape index (κ2) is 9.08. The summed E-state index contributed by atoms with van der Waals surface area (Å²) in [6.07, 6.45) is -0.371. The van der Waals surface area contributed by atoms with Gasteiger partial charge >= 0.3 is 0 Å². The molecular formula is C35H22ClN3O. The molecule has 7 aromatic rings. The highest BCUT2D eigenvalue weighted by molar-refractivity contribution is 6.33. The fourth-order valence-electron chi connectivity index (χ4n) is 5.78. The first-order chi connectivity index (χ1) is 19.7. The van der Waals surface area contributed by atoms with E-state index in [2.05, 4.69) is 78.1 Å². The third-order valence-corrected chi connectivity index (χ3v) is 7.79. The quantitative estimate of drug-likeness (QED) is 0.229. The zero-order valence-electron chi connectivity index (χ0n) is 21.3. The van der Waals surface area contributed by atoms with Crippen LogP contribution >= 0.6 is 11.6 Å². The lowest BCUT2D eigenvalue weighted by atomic mass is 9.95. The molecule has 40 heavy (non-hydrogen) atoms. The summed E-state index contributed by atoms with van der Waals surface area (Å²) in [7, 11) is 0. The van der Waals surface area contributed by atoms with Crippen LogP contribution in [0.2, 0.25) is 5.02 Å². The summed E-state index contributed by atoms with van der Waals surface area (Å²) >= 11 is 6.64. The molecule has 0 fully saturated rings. The van der Waals surface area contributed by atoms with Crippen molar-refractivity contribution in [1.29, 1.82) is 0 Å². The number of fused-ring (bicyclic) bond motifs is 6. The van der Waals surface area contributed by atoms with E-state index in [1.807, 2.05) is 48.5 Å². The smallest absolute Gasteiger partial charge is 0.160 e. The standard InChI is InChI=1S/C35H22ClN3O/c36-23-19-29(32-27-16-8-9-17-30(27)40-31(32)20-23)35-38-33(21-10-2-1-3-11-21)37-34(39-35)28-18-22-12-4-5-13-24(22)25-14-6-7-15-26(25)28/h1-20,34H,(H,37,38,39). The Balaban J connectivity index is 1.41. The molecule has 0 saturated heterocycles. The Kier molecular flexibility index (Phi) is 5.22. The molecule has 0 radical (unpaired) electrons. The number of halogens is 1. The molecule has 1 aliphatic rings. The fourth-order valence-corrected chi connectivity index (χ4v) is 5.99. The van der Waals surface area contributed by atoms with Crippen LogP contribution in [0.3, 0.4) is 0 Å². The van der Waals surface area contributed by atoms with E-state index in [0.29, 0.717) is 16.4 Å². The molecule has 0 amide bonds. The first-order valence-electron chi connectivity index (χ1n) is 13.2. The molecule has 8 rings (SSSR count). The summed E-state index contributed by atoms with van der Waals surface area (Å²) < 4.78 is 6.19. The van der Waals surface area contributed by atoms with Crippen LogP contribution in [0.1, 0.15) is 22.9 Å². The zero-order valence-corrected chi connectivity index (χ0v) is 22.1. The van der Waals surface area contributed by atoms with Crippen LogP contribution in [0.15, 0.2) is 136 Å². The summed E-state index contributed by atoms with van der Waals surface area (Å²) in [5.74, 6) is 1.37. The number of nitrogens with zero attached hydrogens (tertiary/aromatic N) is 2. The van der Waals surface area contributed by atoms with E-state index in [9.17, 15) is 0 Å². The maximum absolute atomic E-state index is 6.64. The van der Waals surface area contributed by atoms with Gasteiger partial charge in [0.15, 0.2) is 5.84 Å². The second-order valence-corrected chi connectivity index (χ2v) is 10.4. The normalized spacial score (nSPS) is 15.4. The van der Waals surface area contributed by atoms with E-state index in [4.69, 9.17) is 26.0 Å². The first-order valence-corrected chi connectivity index (χ1v) is 13.6. The highest BCUT2D eigenvalue weighted by atomic mass is 35.5. The number of amidine groups is 2. The van der Waals surface area contributed by atoms with Crippen molar-refractivity contribution in [3.63, 3.8) is 0 Å². The van der Waals surface area contributed by atoms with Crippen LogP contribution in [0.4, 0.5) is 0 Å². The van der Waals surface area contributed by atoms with Gasteiger partial charge in [0.05, 0.1) is 0 Å². The van der Waals surface area contributed by atoms with Crippen LogP contribution < -0.4 is 5.32 Å². The van der Waals surface area contributed by atoms with Crippen molar-refractivity contribution in [1.82, 2.24) is 5.32 Å². The van der Waals surface area contributed by atoms with E-state index in [1.165, 1.54) is 16.2 Å². The van der Waals surface area contributed by atoms with Gasteiger partial charge in [0.25, 0.3) is 0 Å². The Bertz CT molecular complexity index is 2160. The molecule has 1 N–H and O–H groups in total. The fraction of sp³-hybridized carbons (Fsp3) is 0.0286. The summed E-state index contributed by atoms with van der Waals surface area (Å²) in [6.45, 7) is 0. The first kappa shape index (κ1) is 23.0. The molecule has 1 unspecified atom stereocenters. The van der Waals surface area contributed by atoms with Crippen molar-refractivity contribution in [2.45, 2.75) is 6.17 Å². The van der Waals surface area contributed by atoms with Gasteiger partial charge in [-0.05, 0) is 39.7 Å². The Morgan fingerprint density at radius 1 is 0.650 bits per heavy atom. The molecule has 4 nitrogen and oxygen atoms in total. The molecule has 5 heteroatoms. The Hall–Kier alpha value is -4.93. The molecule has 0 spiro atoms. The maximum atomic E-state index is 6.64. The van der Waals surface area contributed by atoms with Crippen molar-refractivity contribution in [2.75, 3.05) is 0 Å². The van der Waals surface area contributed by atoms with Crippen molar-refractivity contribution < 1.29 is 4.42 Å². The third-order valence-electron chi connectivity index (χ3n) is 7.57. The topological polar surface area (TPSA) is 49.9 Å². The minimum Gasteiger partial charge on any atom is -0.456 e. The van der Waals surface area contributed by atoms with E-state index in [0.717, 1.165) is 44.3 Å². The van der Waals surface area contributed by atoms with Crippen molar-refractivity contribution >= 4 is 66.8 Å². The number of aliphatic imine (C=N–C) groups is 2. The molecule has 6 aromatic carbocycles. The Morgan fingerprint density at radius 2 is 1.35 bits per heavy atom. The van der Waals surface area contributed by atoms with E-state index >= 15 is 0 Å².